The first-order chi connectivity index (χ1) is 13.2. The fourth-order valence-electron chi connectivity index (χ4n) is 4.01. The molecule has 3 rings (SSSR count). The van der Waals surface area contributed by atoms with Gasteiger partial charge in [0.2, 0.25) is 0 Å². The first kappa shape index (κ1) is 19.8. The number of piperazine rings is 1. The summed E-state index contributed by atoms with van der Waals surface area (Å²) < 4.78 is 5.24. The molecule has 0 radical (unpaired) electrons. The monoisotopic (exact) mass is 373 g/mol. The Kier molecular flexibility index (Phi) is 7.21. The van der Waals surface area contributed by atoms with Crippen LogP contribution < -0.4 is 15.4 Å². The number of methoxy groups -OCH3 is 1. The normalized spacial score (nSPS) is 22.1. The zero-order valence-electron chi connectivity index (χ0n) is 16.9. The van der Waals surface area contributed by atoms with Crippen molar-refractivity contribution in [2.45, 2.75) is 26.2 Å². The summed E-state index contributed by atoms with van der Waals surface area (Å²) in [6, 6.07) is 8.36. The largest absolute Gasteiger partial charge is 0.497 e. The van der Waals surface area contributed by atoms with Crippen LogP contribution in [-0.2, 0) is 0 Å². The molecule has 0 aromatic heterocycles. The standard InChI is InChI=1S/C21H35N5O/c1-18-5-3-12-26(17-18)21(22)23-10-4-11-24-13-15-25(16-14-24)19-6-8-20(27-2)9-7-19/h6-9,18H,3-5,10-17H2,1-2H3,(H2,22,23). The number of guanidine groups is 1. The molecule has 2 fully saturated rings. The summed E-state index contributed by atoms with van der Waals surface area (Å²) in [6.07, 6.45) is 3.62. The number of ether oxygens (including phenoxy) is 1. The molecule has 6 heteroatoms. The fraction of sp³-hybridized carbons (Fsp3) is 0.667. The summed E-state index contributed by atoms with van der Waals surface area (Å²) >= 11 is 0. The van der Waals surface area contributed by atoms with Gasteiger partial charge in [-0.2, -0.15) is 0 Å². The van der Waals surface area contributed by atoms with Crippen LogP contribution in [0.2, 0.25) is 0 Å². The second kappa shape index (κ2) is 9.83. The summed E-state index contributed by atoms with van der Waals surface area (Å²) in [5.41, 5.74) is 7.46. The Balaban J connectivity index is 1.35. The quantitative estimate of drug-likeness (QED) is 0.471. The van der Waals surface area contributed by atoms with Gasteiger partial charge in [0.05, 0.1) is 7.11 Å². The van der Waals surface area contributed by atoms with Gasteiger partial charge in [-0.25, -0.2) is 0 Å². The number of aliphatic imine (C=N–C) groups is 1. The van der Waals surface area contributed by atoms with Crippen LogP contribution in [0.15, 0.2) is 29.3 Å². The third-order valence-corrected chi connectivity index (χ3v) is 5.70. The molecule has 2 heterocycles. The third-order valence-electron chi connectivity index (χ3n) is 5.70. The number of nitrogens with zero attached hydrogens (tertiary/aromatic N) is 4. The molecule has 1 unspecified atom stereocenters. The Morgan fingerprint density at radius 1 is 1.15 bits per heavy atom. The van der Waals surface area contributed by atoms with Crippen molar-refractivity contribution in [2.75, 3.05) is 64.4 Å². The first-order valence-corrected chi connectivity index (χ1v) is 10.3. The van der Waals surface area contributed by atoms with Crippen molar-refractivity contribution in [3.05, 3.63) is 24.3 Å². The Hall–Kier alpha value is -1.95. The highest BCUT2D eigenvalue weighted by atomic mass is 16.5. The minimum absolute atomic E-state index is 0.731. The number of hydrogen-bond donors (Lipinski definition) is 1. The van der Waals surface area contributed by atoms with Gasteiger partial charge in [-0.05, 0) is 49.4 Å². The summed E-state index contributed by atoms with van der Waals surface area (Å²) in [7, 11) is 1.71. The molecule has 0 spiro atoms. The van der Waals surface area contributed by atoms with Crippen molar-refractivity contribution in [3.8, 4) is 5.75 Å². The van der Waals surface area contributed by atoms with Crippen LogP contribution in [0.3, 0.4) is 0 Å². The van der Waals surface area contributed by atoms with Crippen molar-refractivity contribution >= 4 is 11.6 Å². The zero-order valence-corrected chi connectivity index (χ0v) is 16.9. The predicted molar refractivity (Wildman–Crippen MR) is 113 cm³/mol. The lowest BCUT2D eigenvalue weighted by molar-refractivity contribution is 0.255. The third kappa shape index (κ3) is 5.76. The van der Waals surface area contributed by atoms with Crippen LogP contribution in [0.5, 0.6) is 5.75 Å². The smallest absolute Gasteiger partial charge is 0.191 e. The molecule has 1 aromatic carbocycles. The Labute approximate surface area is 164 Å². The van der Waals surface area contributed by atoms with Gasteiger partial charge in [-0.1, -0.05) is 6.92 Å². The molecule has 0 aliphatic carbocycles. The highest BCUT2D eigenvalue weighted by Crippen LogP contribution is 2.20. The molecule has 150 valence electrons. The van der Waals surface area contributed by atoms with E-state index >= 15 is 0 Å². The van der Waals surface area contributed by atoms with Gasteiger partial charge < -0.3 is 20.3 Å². The SMILES string of the molecule is COc1ccc(N2CCN(CCCN=C(N)N3CCCC(C)C3)CC2)cc1. The minimum Gasteiger partial charge on any atom is -0.497 e. The average Bonchev–Trinajstić information content (AvgIpc) is 2.71. The molecule has 1 aromatic rings. The van der Waals surface area contributed by atoms with E-state index in [1.807, 2.05) is 12.1 Å². The van der Waals surface area contributed by atoms with Crippen LogP contribution in [0.4, 0.5) is 5.69 Å². The van der Waals surface area contributed by atoms with Crippen LogP contribution in [-0.4, -0.2) is 75.2 Å². The van der Waals surface area contributed by atoms with Gasteiger partial charge in [0.15, 0.2) is 5.96 Å². The van der Waals surface area contributed by atoms with Gasteiger partial charge in [0, 0.05) is 58.0 Å². The molecule has 6 nitrogen and oxygen atoms in total. The van der Waals surface area contributed by atoms with Gasteiger partial charge in [-0.3, -0.25) is 9.89 Å². The van der Waals surface area contributed by atoms with E-state index in [0.29, 0.717) is 0 Å². The van der Waals surface area contributed by atoms with E-state index in [9.17, 15) is 0 Å². The lowest BCUT2D eigenvalue weighted by Gasteiger charge is -2.36. The summed E-state index contributed by atoms with van der Waals surface area (Å²) in [5, 5.41) is 0. The maximum Gasteiger partial charge on any atom is 0.191 e. The number of piperidine rings is 1. The lowest BCUT2D eigenvalue weighted by Crippen LogP contribution is -2.46. The van der Waals surface area contributed by atoms with E-state index in [4.69, 9.17) is 10.5 Å². The number of nitrogens with two attached hydrogens (primary N) is 1. The van der Waals surface area contributed by atoms with Gasteiger partial charge in [-0.15, -0.1) is 0 Å². The molecule has 0 saturated carbocycles. The minimum atomic E-state index is 0.731. The Morgan fingerprint density at radius 3 is 2.56 bits per heavy atom. The molecular formula is C21H35N5O. The van der Waals surface area contributed by atoms with E-state index in [0.717, 1.165) is 76.4 Å². The van der Waals surface area contributed by atoms with E-state index < -0.39 is 0 Å². The van der Waals surface area contributed by atoms with Gasteiger partial charge >= 0.3 is 0 Å². The molecule has 0 bridgehead atoms. The van der Waals surface area contributed by atoms with Crippen molar-refractivity contribution in [1.29, 1.82) is 0 Å². The Bertz CT molecular complexity index is 595. The van der Waals surface area contributed by atoms with Crippen LogP contribution >= 0.6 is 0 Å². The molecule has 27 heavy (non-hydrogen) atoms. The molecule has 2 saturated heterocycles. The zero-order chi connectivity index (χ0) is 19.1. The molecule has 1 atom stereocenters. The number of benzene rings is 1. The fourth-order valence-corrected chi connectivity index (χ4v) is 4.01. The predicted octanol–water partition coefficient (Wildman–Crippen LogP) is 2.25. The van der Waals surface area contributed by atoms with Crippen LogP contribution in [0.1, 0.15) is 26.2 Å². The van der Waals surface area contributed by atoms with Crippen molar-refractivity contribution in [3.63, 3.8) is 0 Å². The molecule has 0 amide bonds. The molecule has 2 N–H and O–H groups in total. The highest BCUT2D eigenvalue weighted by molar-refractivity contribution is 5.78. The summed E-state index contributed by atoms with van der Waals surface area (Å²) in [6.45, 7) is 10.7. The summed E-state index contributed by atoms with van der Waals surface area (Å²) in [4.78, 5) is 11.9. The van der Waals surface area contributed by atoms with Crippen LogP contribution in [0, 0.1) is 5.92 Å². The van der Waals surface area contributed by atoms with Gasteiger partial charge in [0.25, 0.3) is 0 Å². The lowest BCUT2D eigenvalue weighted by atomic mass is 10.0. The van der Waals surface area contributed by atoms with E-state index in [1.54, 1.807) is 7.11 Å². The number of likely N-dealkylation sites (tertiary alicyclic amines) is 1. The molecule has 2 aliphatic heterocycles. The van der Waals surface area contributed by atoms with E-state index in [1.165, 1.54) is 18.5 Å². The Morgan fingerprint density at radius 2 is 1.89 bits per heavy atom. The molecular weight excluding hydrogens is 338 g/mol. The van der Waals surface area contributed by atoms with Crippen molar-refractivity contribution in [1.82, 2.24) is 9.80 Å². The van der Waals surface area contributed by atoms with E-state index in [-0.39, 0.29) is 0 Å². The maximum absolute atomic E-state index is 6.18. The van der Waals surface area contributed by atoms with Crippen molar-refractivity contribution in [2.24, 2.45) is 16.6 Å². The van der Waals surface area contributed by atoms with E-state index in [2.05, 4.69) is 38.7 Å². The number of rotatable bonds is 6. The topological polar surface area (TPSA) is 57.3 Å². The van der Waals surface area contributed by atoms with Crippen molar-refractivity contribution < 1.29 is 4.74 Å². The van der Waals surface area contributed by atoms with Crippen LogP contribution in [0.25, 0.3) is 0 Å². The van der Waals surface area contributed by atoms with Gasteiger partial charge in [0.1, 0.15) is 5.75 Å². The second-order valence-electron chi connectivity index (χ2n) is 7.81. The first-order valence-electron chi connectivity index (χ1n) is 10.3. The second-order valence-corrected chi connectivity index (χ2v) is 7.81. The highest BCUT2D eigenvalue weighted by Gasteiger charge is 2.18. The maximum atomic E-state index is 6.18. The number of hydrogen-bond acceptors (Lipinski definition) is 4. The summed E-state index contributed by atoms with van der Waals surface area (Å²) in [5.74, 6) is 2.39. The number of anilines is 1. The average molecular weight is 374 g/mol. The molecule has 2 aliphatic rings.